The molecular formula is C12H15NO. The van der Waals surface area contributed by atoms with Crippen molar-refractivity contribution in [2.45, 2.75) is 13.8 Å². The fourth-order valence-electron chi connectivity index (χ4n) is 1.20. The van der Waals surface area contributed by atoms with Gasteiger partial charge in [-0.2, -0.15) is 0 Å². The second-order valence-electron chi connectivity index (χ2n) is 3.38. The normalized spacial score (nSPS) is 9.57. The van der Waals surface area contributed by atoms with E-state index in [2.05, 4.69) is 18.0 Å². The summed E-state index contributed by atoms with van der Waals surface area (Å²) in [5.41, 5.74) is 3.22. The van der Waals surface area contributed by atoms with E-state index < -0.39 is 0 Å². The Morgan fingerprint density at radius 1 is 1.50 bits per heavy atom. The third kappa shape index (κ3) is 3.05. The van der Waals surface area contributed by atoms with E-state index in [0.29, 0.717) is 6.54 Å². The Morgan fingerprint density at radius 3 is 2.79 bits per heavy atom. The van der Waals surface area contributed by atoms with Gasteiger partial charge in [0.2, 0.25) is 5.91 Å². The van der Waals surface area contributed by atoms with Crippen LogP contribution in [0.5, 0.6) is 0 Å². The third-order valence-electron chi connectivity index (χ3n) is 1.98. The first-order valence-corrected chi connectivity index (χ1v) is 4.59. The van der Waals surface area contributed by atoms with Gasteiger partial charge < -0.3 is 5.32 Å². The Kier molecular flexibility index (Phi) is 3.46. The number of aryl methyl sites for hydroxylation is 1. The molecule has 1 rings (SSSR count). The van der Waals surface area contributed by atoms with Crippen LogP contribution in [0.15, 0.2) is 30.8 Å². The predicted octanol–water partition coefficient (Wildman–Crippen LogP) is 2.14. The van der Waals surface area contributed by atoms with Crippen LogP contribution in [-0.2, 0) is 4.79 Å². The van der Waals surface area contributed by atoms with Gasteiger partial charge in [-0.05, 0) is 18.1 Å². The summed E-state index contributed by atoms with van der Waals surface area (Å²) < 4.78 is 0. The first-order chi connectivity index (χ1) is 6.59. The molecule has 0 fully saturated rings. The number of carbonyl (C=O) groups is 1. The van der Waals surface area contributed by atoms with Crippen molar-refractivity contribution in [1.29, 1.82) is 0 Å². The number of benzene rings is 1. The molecule has 0 unspecified atom stereocenters. The minimum absolute atomic E-state index is 0.0289. The van der Waals surface area contributed by atoms with Gasteiger partial charge in [0, 0.05) is 13.5 Å². The van der Waals surface area contributed by atoms with E-state index in [-0.39, 0.29) is 5.91 Å². The van der Waals surface area contributed by atoms with Gasteiger partial charge in [-0.1, -0.05) is 36.4 Å². The lowest BCUT2D eigenvalue weighted by Crippen LogP contribution is -2.21. The smallest absolute Gasteiger partial charge is 0.217 e. The summed E-state index contributed by atoms with van der Waals surface area (Å²) in [6, 6.07) is 8.08. The lowest BCUT2D eigenvalue weighted by molar-refractivity contribution is -0.118. The largest absolute Gasteiger partial charge is 0.352 e. The van der Waals surface area contributed by atoms with Gasteiger partial charge >= 0.3 is 0 Å². The minimum Gasteiger partial charge on any atom is -0.352 e. The van der Waals surface area contributed by atoms with Gasteiger partial charge in [-0.15, -0.1) is 0 Å². The van der Waals surface area contributed by atoms with Crippen LogP contribution in [-0.4, -0.2) is 12.5 Å². The molecule has 0 aliphatic carbocycles. The van der Waals surface area contributed by atoms with Crippen LogP contribution in [0.1, 0.15) is 18.1 Å². The summed E-state index contributed by atoms with van der Waals surface area (Å²) in [6.45, 7) is 7.98. The van der Waals surface area contributed by atoms with Gasteiger partial charge in [0.25, 0.3) is 0 Å². The van der Waals surface area contributed by atoms with E-state index >= 15 is 0 Å². The molecule has 1 aromatic carbocycles. The number of carbonyl (C=O) groups excluding carboxylic acids is 1. The van der Waals surface area contributed by atoms with Crippen molar-refractivity contribution in [2.24, 2.45) is 0 Å². The highest BCUT2D eigenvalue weighted by Crippen LogP contribution is 2.12. The van der Waals surface area contributed by atoms with Crippen LogP contribution in [0.2, 0.25) is 0 Å². The average Bonchev–Trinajstić information content (AvgIpc) is 2.14. The van der Waals surface area contributed by atoms with Crippen molar-refractivity contribution in [1.82, 2.24) is 5.32 Å². The molecule has 1 N–H and O–H groups in total. The number of nitrogens with one attached hydrogen (secondary N) is 1. The van der Waals surface area contributed by atoms with E-state index in [1.54, 1.807) is 0 Å². The summed E-state index contributed by atoms with van der Waals surface area (Å²) in [4.78, 5) is 10.7. The molecule has 0 saturated heterocycles. The first-order valence-electron chi connectivity index (χ1n) is 4.59. The van der Waals surface area contributed by atoms with Crippen molar-refractivity contribution < 1.29 is 4.79 Å². The maximum Gasteiger partial charge on any atom is 0.217 e. The number of hydrogen-bond donors (Lipinski definition) is 1. The van der Waals surface area contributed by atoms with Gasteiger partial charge in [0.05, 0.1) is 0 Å². The Labute approximate surface area is 84.6 Å². The minimum atomic E-state index is -0.0289. The highest BCUT2D eigenvalue weighted by Gasteiger charge is 1.99. The molecule has 0 saturated carbocycles. The van der Waals surface area contributed by atoms with E-state index in [1.807, 2.05) is 25.1 Å². The molecule has 0 spiro atoms. The average molecular weight is 189 g/mol. The van der Waals surface area contributed by atoms with Crippen LogP contribution < -0.4 is 5.32 Å². The lowest BCUT2D eigenvalue weighted by Gasteiger charge is -2.07. The predicted molar refractivity (Wildman–Crippen MR) is 58.9 cm³/mol. The maximum atomic E-state index is 10.7. The van der Waals surface area contributed by atoms with Crippen LogP contribution in [0.4, 0.5) is 0 Å². The fraction of sp³-hybridized carbons (Fsp3) is 0.250. The van der Waals surface area contributed by atoms with Crippen molar-refractivity contribution in [3.05, 3.63) is 42.0 Å². The van der Waals surface area contributed by atoms with Gasteiger partial charge in [0.1, 0.15) is 0 Å². The monoisotopic (exact) mass is 189 g/mol. The molecule has 74 valence electrons. The highest BCUT2D eigenvalue weighted by atomic mass is 16.1. The number of rotatable bonds is 3. The van der Waals surface area contributed by atoms with Crippen molar-refractivity contribution in [3.8, 4) is 0 Å². The second-order valence-corrected chi connectivity index (χ2v) is 3.38. The van der Waals surface area contributed by atoms with Crippen molar-refractivity contribution in [3.63, 3.8) is 0 Å². The summed E-state index contributed by atoms with van der Waals surface area (Å²) in [5, 5.41) is 2.72. The standard InChI is InChI=1S/C12H15NO/c1-9-5-4-6-12(7-9)10(2)8-13-11(3)14/h4-7H,2,8H2,1,3H3,(H,13,14). The Morgan fingerprint density at radius 2 is 2.21 bits per heavy atom. The zero-order valence-corrected chi connectivity index (χ0v) is 8.63. The summed E-state index contributed by atoms with van der Waals surface area (Å²) in [5.74, 6) is -0.0289. The van der Waals surface area contributed by atoms with Gasteiger partial charge in [0.15, 0.2) is 0 Å². The Balaban J connectivity index is 2.65. The third-order valence-corrected chi connectivity index (χ3v) is 1.98. The molecule has 0 aliphatic heterocycles. The molecule has 0 aromatic heterocycles. The Hall–Kier alpha value is -1.57. The molecule has 2 nitrogen and oxygen atoms in total. The van der Waals surface area contributed by atoms with Crippen LogP contribution >= 0.6 is 0 Å². The maximum absolute atomic E-state index is 10.7. The van der Waals surface area contributed by atoms with Crippen LogP contribution in [0.3, 0.4) is 0 Å². The first kappa shape index (κ1) is 10.5. The van der Waals surface area contributed by atoms with Crippen molar-refractivity contribution in [2.75, 3.05) is 6.54 Å². The number of amides is 1. The van der Waals surface area contributed by atoms with Crippen LogP contribution in [0.25, 0.3) is 5.57 Å². The molecular weight excluding hydrogens is 174 g/mol. The van der Waals surface area contributed by atoms with E-state index in [1.165, 1.54) is 12.5 Å². The Bertz CT molecular complexity index is 355. The molecule has 1 amide bonds. The highest BCUT2D eigenvalue weighted by molar-refractivity contribution is 5.76. The van der Waals surface area contributed by atoms with Crippen LogP contribution in [0, 0.1) is 6.92 Å². The van der Waals surface area contributed by atoms with E-state index in [0.717, 1.165) is 11.1 Å². The molecule has 0 radical (unpaired) electrons. The molecule has 0 bridgehead atoms. The quantitative estimate of drug-likeness (QED) is 0.775. The summed E-state index contributed by atoms with van der Waals surface area (Å²) >= 11 is 0. The lowest BCUT2D eigenvalue weighted by atomic mass is 10.1. The van der Waals surface area contributed by atoms with Gasteiger partial charge in [-0.3, -0.25) is 4.79 Å². The molecule has 0 aliphatic rings. The molecule has 14 heavy (non-hydrogen) atoms. The molecule has 0 heterocycles. The SMILES string of the molecule is C=C(CNC(C)=O)c1cccc(C)c1. The fourth-order valence-corrected chi connectivity index (χ4v) is 1.20. The van der Waals surface area contributed by atoms with E-state index in [4.69, 9.17) is 0 Å². The molecule has 2 heteroatoms. The zero-order valence-electron chi connectivity index (χ0n) is 8.63. The van der Waals surface area contributed by atoms with Gasteiger partial charge in [-0.25, -0.2) is 0 Å². The van der Waals surface area contributed by atoms with E-state index in [9.17, 15) is 4.79 Å². The molecule has 0 atom stereocenters. The topological polar surface area (TPSA) is 29.1 Å². The summed E-state index contributed by atoms with van der Waals surface area (Å²) in [6.07, 6.45) is 0. The second kappa shape index (κ2) is 4.61. The summed E-state index contributed by atoms with van der Waals surface area (Å²) in [7, 11) is 0. The zero-order chi connectivity index (χ0) is 10.6. The molecule has 1 aromatic rings. The van der Waals surface area contributed by atoms with Crippen molar-refractivity contribution >= 4 is 11.5 Å². The number of hydrogen-bond acceptors (Lipinski definition) is 1.